The second-order valence-electron chi connectivity index (χ2n) is 26.4. The number of hydrogen-bond donors (Lipinski definition) is 1. The fourth-order valence-electron chi connectivity index (χ4n) is 8.20. The predicted molar refractivity (Wildman–Crippen MR) is 336 cm³/mol. The third-order valence-corrected chi connectivity index (χ3v) is 30.0. The number of esters is 2. The van der Waals surface area contributed by atoms with Gasteiger partial charge in [-0.2, -0.15) is 0 Å². The number of rotatable bonds is 23. The Balaban J connectivity index is 1.70. The molecule has 0 saturated heterocycles. The Kier molecular flexibility index (Phi) is 22.2. The average Bonchev–Trinajstić information content (AvgIpc) is 3.70. The van der Waals surface area contributed by atoms with Crippen LogP contribution < -0.4 is 19.5 Å². The summed E-state index contributed by atoms with van der Waals surface area (Å²) in [6, 6.07) is 15.2. The number of benzene rings is 4. The summed E-state index contributed by atoms with van der Waals surface area (Å²) in [5.41, 5.74) is 10.5. The maximum atomic E-state index is 14.1. The zero-order valence-electron chi connectivity index (χ0n) is 53.0. The molecule has 1 N–H and O–H groups in total. The van der Waals surface area contributed by atoms with Gasteiger partial charge in [-0.05, 0) is 153 Å². The Morgan fingerprint density at radius 1 is 0.647 bits per heavy atom. The lowest BCUT2D eigenvalue weighted by atomic mass is 10.0. The van der Waals surface area contributed by atoms with Gasteiger partial charge in [-0.15, -0.1) is 0 Å². The minimum atomic E-state index is -2.86. The summed E-state index contributed by atoms with van der Waals surface area (Å²) in [7, 11) is -5.46. The largest absolute Gasteiger partial charge is 0.490 e. The number of methoxy groups -OCH3 is 2. The molecule has 3 amide bonds. The summed E-state index contributed by atoms with van der Waals surface area (Å²) in [6.07, 6.45) is -3.25. The van der Waals surface area contributed by atoms with Crippen molar-refractivity contribution < 1.29 is 65.7 Å². The van der Waals surface area contributed by atoms with Gasteiger partial charge in [0.25, 0.3) is 11.8 Å². The molecule has 0 saturated carbocycles. The number of nitrogens with one attached hydrogen (secondary N) is 1. The lowest BCUT2D eigenvalue weighted by molar-refractivity contribution is -0.149. The van der Waals surface area contributed by atoms with Crippen LogP contribution in [0.2, 0.25) is 64.4 Å². The van der Waals surface area contributed by atoms with Gasteiger partial charge in [-0.1, -0.05) is 115 Å². The molecular formula is C61H85Cl2N5O14Si3. The third kappa shape index (κ3) is 16.6. The smallest absolute Gasteiger partial charge is 0.408 e. The number of amides is 3. The van der Waals surface area contributed by atoms with E-state index in [2.05, 4.69) is 49.2 Å². The maximum absolute atomic E-state index is 14.1. The van der Waals surface area contributed by atoms with Crippen LogP contribution >= 0.6 is 23.2 Å². The molecule has 1 aliphatic rings. The second kappa shape index (κ2) is 27.0. The third-order valence-electron chi connectivity index (χ3n) is 16.0. The van der Waals surface area contributed by atoms with Crippen LogP contribution in [-0.2, 0) is 37.1 Å². The first kappa shape index (κ1) is 69.8. The normalized spacial score (nSPS) is 15.2. The fraction of sp³-hybridized carbons (Fsp3) is 0.525. The summed E-state index contributed by atoms with van der Waals surface area (Å²) in [5.74, 6) is -2.67. The lowest BCUT2D eigenvalue weighted by Crippen LogP contribution is -2.53. The van der Waals surface area contributed by atoms with Gasteiger partial charge in [-0.25, -0.2) is 14.4 Å². The Labute approximate surface area is 513 Å². The second-order valence-corrected chi connectivity index (χ2v) is 41.5. The van der Waals surface area contributed by atoms with Crippen molar-refractivity contribution in [3.05, 3.63) is 121 Å². The number of nitrogens with zero attached hydrogens (tertiary/aromatic N) is 4. The number of imide groups is 1. The van der Waals surface area contributed by atoms with E-state index in [4.69, 9.17) is 64.9 Å². The molecule has 24 heteroatoms. The van der Waals surface area contributed by atoms with Gasteiger partial charge in [0.1, 0.15) is 29.3 Å². The SMILES string of the molecule is CCOC(=O)[C@H](NC(=O)OC(C)(C)C)[C@H](O[Si](C)(C)C(C)(C)C)c1ccc(Oc2cc([C@H](CO[Si](C)(C)C(C)(C)C)N=[N+]=[N-])cc(Oc3ccc([C@@H](O[Si](C)(C)C(C)(C)C)[C@@H](C(=O)OC)N4C(=O)c5ccccc5C4=O)cc3Cl)c2OC)c(Cl)c1. The van der Waals surface area contributed by atoms with Gasteiger partial charge in [0, 0.05) is 11.5 Å². The average molecular weight is 1270 g/mol. The van der Waals surface area contributed by atoms with E-state index in [-0.39, 0.29) is 73.2 Å². The molecule has 1 heterocycles. The fourth-order valence-corrected chi connectivity index (χ4v) is 12.2. The van der Waals surface area contributed by atoms with Crippen molar-refractivity contribution in [2.24, 2.45) is 5.11 Å². The zero-order valence-corrected chi connectivity index (χ0v) is 57.5. The molecule has 0 fully saturated rings. The highest BCUT2D eigenvalue weighted by Gasteiger charge is 2.51. The minimum absolute atomic E-state index is 0.0181. The number of carbonyl (C=O) groups excluding carboxylic acids is 5. The molecule has 1 aliphatic heterocycles. The molecule has 0 bridgehead atoms. The van der Waals surface area contributed by atoms with E-state index in [0.29, 0.717) is 16.7 Å². The molecule has 19 nitrogen and oxygen atoms in total. The van der Waals surface area contributed by atoms with Crippen LogP contribution in [-0.4, -0.2) is 105 Å². The van der Waals surface area contributed by atoms with Crippen LogP contribution in [0.25, 0.3) is 10.4 Å². The van der Waals surface area contributed by atoms with Crippen molar-refractivity contribution in [3.63, 3.8) is 0 Å². The lowest BCUT2D eigenvalue weighted by Gasteiger charge is -2.42. The highest BCUT2D eigenvalue weighted by molar-refractivity contribution is 6.75. The quantitative estimate of drug-likeness (QED) is 0.0138. The van der Waals surface area contributed by atoms with Crippen molar-refractivity contribution >= 4 is 78.0 Å². The molecule has 0 spiro atoms. The number of hydrogen-bond acceptors (Lipinski definition) is 15. The highest BCUT2D eigenvalue weighted by atomic mass is 35.5. The van der Waals surface area contributed by atoms with Gasteiger partial charge in [0.2, 0.25) is 5.75 Å². The summed E-state index contributed by atoms with van der Waals surface area (Å²) in [6.45, 7) is 37.4. The highest BCUT2D eigenvalue weighted by Crippen LogP contribution is 2.50. The minimum Gasteiger partial charge on any atom is -0.490 e. The van der Waals surface area contributed by atoms with Crippen LogP contribution in [0.5, 0.6) is 28.7 Å². The van der Waals surface area contributed by atoms with Crippen molar-refractivity contribution in [1.29, 1.82) is 0 Å². The predicted octanol–water partition coefficient (Wildman–Crippen LogP) is 16.4. The molecule has 0 unspecified atom stereocenters. The first-order chi connectivity index (χ1) is 39.1. The topological polar surface area (TPSA) is 232 Å². The number of fused-ring (bicyclic) bond motifs is 1. The summed E-state index contributed by atoms with van der Waals surface area (Å²) >= 11 is 14.4. The summed E-state index contributed by atoms with van der Waals surface area (Å²) in [5, 5.41) is 6.02. The Bertz CT molecular complexity index is 3150. The summed E-state index contributed by atoms with van der Waals surface area (Å²) in [4.78, 5) is 73.7. The van der Waals surface area contributed by atoms with Crippen molar-refractivity contribution in [2.75, 3.05) is 27.4 Å². The molecule has 0 aliphatic carbocycles. The Morgan fingerprint density at radius 2 is 1.11 bits per heavy atom. The van der Waals surface area contributed by atoms with E-state index >= 15 is 0 Å². The Morgan fingerprint density at radius 3 is 1.51 bits per heavy atom. The molecule has 0 aromatic heterocycles. The molecule has 4 aromatic carbocycles. The van der Waals surface area contributed by atoms with E-state index in [1.165, 1.54) is 32.4 Å². The molecule has 4 aromatic rings. The zero-order chi connectivity index (χ0) is 64.2. The molecule has 5 atom stereocenters. The van der Waals surface area contributed by atoms with E-state index in [1.807, 2.05) is 67.7 Å². The van der Waals surface area contributed by atoms with Crippen LogP contribution in [0, 0.1) is 0 Å². The van der Waals surface area contributed by atoms with E-state index in [1.54, 1.807) is 82.3 Å². The molecule has 0 radical (unpaired) electrons. The summed E-state index contributed by atoms with van der Waals surface area (Å²) < 4.78 is 56.4. The van der Waals surface area contributed by atoms with Gasteiger partial charge in [0.15, 0.2) is 48.5 Å². The van der Waals surface area contributed by atoms with E-state index in [9.17, 15) is 29.5 Å². The number of ether oxygens (including phenoxy) is 6. The van der Waals surface area contributed by atoms with Crippen LogP contribution in [0.1, 0.15) is 146 Å². The van der Waals surface area contributed by atoms with Crippen LogP contribution in [0.15, 0.2) is 77.9 Å². The van der Waals surface area contributed by atoms with Gasteiger partial charge in [0.05, 0.1) is 48.0 Å². The number of halogens is 2. The maximum Gasteiger partial charge on any atom is 0.408 e. The standard InChI is InChI=1S/C61H85Cl2N5O14Si3/c1-22-76-55(71)48(65-57(73)80-58(2,3)4)50(81-84(18,19)60(8,9)10)36-27-29-44(41(62)31-36)78-46-33-38(43(66-67-64)35-77-83(16,17)59(5,6)7)34-47(52(46)74-14)79-45-30-28-37(32-42(45)63)51(82-85(20,21)61(11,12)13)49(56(72)75-15)68-53(69)39-25-23-24-26-40(39)54(68)70/h23-34,43,48-51H,22,35H2,1-21H3,(H,65,73)/t43-,48+,49-,50+,51+/m0/s1. The van der Waals surface area contributed by atoms with Gasteiger partial charge in [-0.3, -0.25) is 14.5 Å². The van der Waals surface area contributed by atoms with Gasteiger partial charge < -0.3 is 47.0 Å². The molecule has 464 valence electrons. The van der Waals surface area contributed by atoms with Crippen molar-refractivity contribution in [3.8, 4) is 28.7 Å². The van der Waals surface area contributed by atoms with Crippen LogP contribution in [0.4, 0.5) is 4.79 Å². The molecule has 5 rings (SSSR count). The van der Waals surface area contributed by atoms with E-state index < -0.39 is 95.8 Å². The first-order valence-electron chi connectivity index (χ1n) is 28.0. The number of alkyl carbamates (subject to hydrolysis) is 1. The number of azide groups is 1. The Hall–Kier alpha value is -5.95. The van der Waals surface area contributed by atoms with Crippen LogP contribution in [0.3, 0.4) is 0 Å². The molecular weight excluding hydrogens is 1180 g/mol. The number of carbonyl (C=O) groups is 5. The first-order valence-corrected chi connectivity index (χ1v) is 37.5. The molecule has 85 heavy (non-hydrogen) atoms. The van der Waals surface area contributed by atoms with E-state index in [0.717, 1.165) is 4.90 Å². The van der Waals surface area contributed by atoms with Crippen molar-refractivity contribution in [1.82, 2.24) is 10.2 Å². The van der Waals surface area contributed by atoms with Crippen molar-refractivity contribution in [2.45, 2.75) is 180 Å². The monoisotopic (exact) mass is 1270 g/mol. The van der Waals surface area contributed by atoms with Gasteiger partial charge >= 0.3 is 18.0 Å².